The number of carbonyl (C=O) groups is 2. The van der Waals surface area contributed by atoms with Crippen LogP contribution in [0.2, 0.25) is 0 Å². The van der Waals surface area contributed by atoms with E-state index in [9.17, 15) is 9.59 Å². The van der Waals surface area contributed by atoms with Crippen LogP contribution in [0, 0.1) is 13.8 Å². The monoisotopic (exact) mass is 382 g/mol. The highest BCUT2D eigenvalue weighted by atomic mass is 16.3. The molecule has 28 heavy (non-hydrogen) atoms. The van der Waals surface area contributed by atoms with Crippen LogP contribution in [-0.2, 0) is 4.79 Å². The highest BCUT2D eigenvalue weighted by Crippen LogP contribution is 2.12. The topological polar surface area (TPSA) is 77.8 Å². The van der Waals surface area contributed by atoms with Gasteiger partial charge in [0.1, 0.15) is 11.5 Å². The van der Waals surface area contributed by atoms with Crippen molar-refractivity contribution in [2.45, 2.75) is 13.8 Å². The number of aryl methyl sites for hydroxylation is 2. The van der Waals surface area contributed by atoms with Crippen molar-refractivity contribution in [1.82, 2.24) is 20.7 Å². The highest BCUT2D eigenvalue weighted by Gasteiger charge is 2.20. The van der Waals surface area contributed by atoms with Crippen molar-refractivity contribution in [1.29, 1.82) is 0 Å². The summed E-state index contributed by atoms with van der Waals surface area (Å²) >= 11 is 0. The van der Waals surface area contributed by atoms with Gasteiger partial charge >= 0.3 is 0 Å². The first-order chi connectivity index (χ1) is 13.4. The third-order valence-electron chi connectivity index (χ3n) is 4.85. The van der Waals surface area contributed by atoms with E-state index in [0.717, 1.165) is 37.3 Å². The van der Waals surface area contributed by atoms with Gasteiger partial charge in [-0.2, -0.15) is 0 Å². The summed E-state index contributed by atoms with van der Waals surface area (Å²) in [4.78, 5) is 27.7. The molecule has 0 radical (unpaired) electrons. The molecule has 7 nitrogen and oxygen atoms in total. The van der Waals surface area contributed by atoms with E-state index in [1.807, 2.05) is 38.0 Å². The highest BCUT2D eigenvalue weighted by molar-refractivity contribution is 6.05. The van der Waals surface area contributed by atoms with Gasteiger partial charge in [-0.15, -0.1) is 0 Å². The van der Waals surface area contributed by atoms with E-state index in [2.05, 4.69) is 15.6 Å². The van der Waals surface area contributed by atoms with Crippen LogP contribution in [0.5, 0.6) is 0 Å². The summed E-state index contributed by atoms with van der Waals surface area (Å²) in [6.45, 7) is 7.12. The Hall–Kier alpha value is -2.90. The van der Waals surface area contributed by atoms with Crippen LogP contribution in [0.15, 0.2) is 46.7 Å². The van der Waals surface area contributed by atoms with E-state index < -0.39 is 0 Å². The minimum absolute atomic E-state index is 0.136. The average Bonchev–Trinajstić information content (AvgIpc) is 3.18. The zero-order valence-corrected chi connectivity index (χ0v) is 16.5. The largest absolute Gasteiger partial charge is 0.465 e. The molecule has 1 aromatic carbocycles. The van der Waals surface area contributed by atoms with Crippen molar-refractivity contribution >= 4 is 17.9 Å². The number of carbonyl (C=O) groups excluding carboxylic acids is 2. The Bertz CT molecular complexity index is 866. The van der Waals surface area contributed by atoms with E-state index in [1.165, 1.54) is 12.3 Å². The molecular weight excluding hydrogens is 356 g/mol. The molecule has 0 saturated carbocycles. The van der Waals surface area contributed by atoms with E-state index >= 15 is 0 Å². The summed E-state index contributed by atoms with van der Waals surface area (Å²) in [5.41, 5.74) is 5.64. The van der Waals surface area contributed by atoms with Gasteiger partial charge in [-0.05, 0) is 56.3 Å². The van der Waals surface area contributed by atoms with Crippen molar-refractivity contribution < 1.29 is 14.0 Å². The fourth-order valence-electron chi connectivity index (χ4n) is 2.87. The molecule has 3 rings (SSSR count). The standard InChI is InChI=1S/C21H26N4O3/c1-15-6-7-17(13-16(15)2)20(26)22-19(14-18-5-4-12-28-18)21(27)23-25-10-8-24(3)9-11-25/h4-7,12-14H,8-11H2,1-3H3,(H,22,26)(H,23,27)/b19-14-. The molecule has 0 spiro atoms. The summed E-state index contributed by atoms with van der Waals surface area (Å²) in [7, 11) is 2.05. The number of nitrogens with one attached hydrogen (secondary N) is 2. The molecular formula is C21H26N4O3. The first-order valence-corrected chi connectivity index (χ1v) is 9.30. The molecule has 1 aromatic heterocycles. The second-order valence-corrected chi connectivity index (χ2v) is 7.06. The number of furan rings is 1. The number of benzene rings is 1. The number of nitrogens with zero attached hydrogens (tertiary/aromatic N) is 2. The maximum Gasteiger partial charge on any atom is 0.282 e. The number of piperazine rings is 1. The molecule has 148 valence electrons. The van der Waals surface area contributed by atoms with Gasteiger partial charge in [0.05, 0.1) is 6.26 Å². The molecule has 2 amide bonds. The lowest BCUT2D eigenvalue weighted by Gasteiger charge is -2.32. The van der Waals surface area contributed by atoms with Crippen molar-refractivity contribution in [2.24, 2.45) is 0 Å². The fourth-order valence-corrected chi connectivity index (χ4v) is 2.87. The van der Waals surface area contributed by atoms with Gasteiger partial charge < -0.3 is 14.6 Å². The van der Waals surface area contributed by atoms with E-state index in [4.69, 9.17) is 4.42 Å². The van der Waals surface area contributed by atoms with Crippen LogP contribution in [0.25, 0.3) is 6.08 Å². The molecule has 2 heterocycles. The van der Waals surface area contributed by atoms with E-state index in [1.54, 1.807) is 18.2 Å². The fraction of sp³-hybridized carbons (Fsp3) is 0.333. The number of rotatable bonds is 5. The van der Waals surface area contributed by atoms with Gasteiger partial charge in [0.25, 0.3) is 11.8 Å². The lowest BCUT2D eigenvalue weighted by molar-refractivity contribution is -0.123. The molecule has 1 aliphatic rings. The lowest BCUT2D eigenvalue weighted by atomic mass is 10.1. The summed E-state index contributed by atoms with van der Waals surface area (Å²) in [5, 5.41) is 4.59. The number of hydrazine groups is 1. The van der Waals surface area contributed by atoms with E-state index in [-0.39, 0.29) is 17.5 Å². The molecule has 0 unspecified atom stereocenters. The van der Waals surface area contributed by atoms with Crippen LogP contribution in [0.1, 0.15) is 27.2 Å². The maximum absolute atomic E-state index is 12.8. The number of hydrogen-bond donors (Lipinski definition) is 2. The van der Waals surface area contributed by atoms with E-state index in [0.29, 0.717) is 11.3 Å². The van der Waals surface area contributed by atoms with Crippen LogP contribution in [0.4, 0.5) is 0 Å². The molecule has 0 aliphatic carbocycles. The summed E-state index contributed by atoms with van der Waals surface area (Å²) in [5.74, 6) is -0.225. The van der Waals surface area contributed by atoms with Gasteiger partial charge in [-0.1, -0.05) is 6.07 Å². The van der Waals surface area contributed by atoms with Crippen LogP contribution in [-0.4, -0.2) is 54.9 Å². The van der Waals surface area contributed by atoms with Gasteiger partial charge in [0.2, 0.25) is 0 Å². The average molecular weight is 382 g/mol. The third-order valence-corrected chi connectivity index (χ3v) is 4.85. The Kier molecular flexibility index (Phi) is 6.28. The molecule has 1 fully saturated rings. The second kappa shape index (κ2) is 8.86. The van der Waals surface area contributed by atoms with Crippen LogP contribution >= 0.6 is 0 Å². The number of amides is 2. The minimum atomic E-state index is -0.377. The normalized spacial score (nSPS) is 16.0. The zero-order chi connectivity index (χ0) is 20.1. The smallest absolute Gasteiger partial charge is 0.282 e. The predicted octanol–water partition coefficient (Wildman–Crippen LogP) is 1.95. The van der Waals surface area contributed by atoms with Crippen molar-refractivity contribution in [3.05, 3.63) is 64.7 Å². The van der Waals surface area contributed by atoms with Crippen molar-refractivity contribution in [3.63, 3.8) is 0 Å². The second-order valence-electron chi connectivity index (χ2n) is 7.06. The Balaban J connectivity index is 1.76. The van der Waals surface area contributed by atoms with Crippen molar-refractivity contribution in [3.8, 4) is 0 Å². The summed E-state index contributed by atoms with van der Waals surface area (Å²) < 4.78 is 5.31. The minimum Gasteiger partial charge on any atom is -0.465 e. The summed E-state index contributed by atoms with van der Waals surface area (Å²) in [6.07, 6.45) is 3.05. The molecule has 1 saturated heterocycles. The molecule has 2 N–H and O–H groups in total. The van der Waals surface area contributed by atoms with Gasteiger partial charge in [0.15, 0.2) is 0 Å². The summed E-state index contributed by atoms with van der Waals surface area (Å²) in [6, 6.07) is 8.91. The molecule has 0 atom stereocenters. The SMILES string of the molecule is Cc1ccc(C(=O)N/C(=C\c2ccco2)C(=O)NN2CCN(C)CC2)cc1C. The lowest BCUT2D eigenvalue weighted by Crippen LogP contribution is -2.53. The van der Waals surface area contributed by atoms with Crippen molar-refractivity contribution in [2.75, 3.05) is 33.2 Å². The molecule has 0 bridgehead atoms. The Labute approximate surface area is 165 Å². The zero-order valence-electron chi connectivity index (χ0n) is 16.5. The maximum atomic E-state index is 12.8. The first-order valence-electron chi connectivity index (χ1n) is 9.30. The number of hydrogen-bond acceptors (Lipinski definition) is 5. The van der Waals surface area contributed by atoms with Gasteiger partial charge in [-0.3, -0.25) is 15.0 Å². The quantitative estimate of drug-likeness (QED) is 0.773. The molecule has 1 aliphatic heterocycles. The predicted molar refractivity (Wildman–Crippen MR) is 107 cm³/mol. The van der Waals surface area contributed by atoms with Gasteiger partial charge in [-0.25, -0.2) is 5.01 Å². The van der Waals surface area contributed by atoms with Crippen LogP contribution in [0.3, 0.4) is 0 Å². The van der Waals surface area contributed by atoms with Crippen LogP contribution < -0.4 is 10.7 Å². The Morgan fingerprint density at radius 1 is 1.07 bits per heavy atom. The number of likely N-dealkylation sites (N-methyl/N-ethyl adjacent to an activating group) is 1. The molecule has 2 aromatic rings. The Morgan fingerprint density at radius 3 is 2.46 bits per heavy atom. The Morgan fingerprint density at radius 2 is 1.82 bits per heavy atom. The van der Waals surface area contributed by atoms with Gasteiger partial charge in [0, 0.05) is 37.8 Å². The third kappa shape index (κ3) is 5.09. The first kappa shape index (κ1) is 19.9. The molecule has 7 heteroatoms.